The van der Waals surface area contributed by atoms with Crippen molar-refractivity contribution in [2.45, 2.75) is 26.3 Å². The number of benzene rings is 1. The molecule has 1 aliphatic heterocycles. The summed E-state index contributed by atoms with van der Waals surface area (Å²) in [5.41, 5.74) is 8.25. The lowest BCUT2D eigenvalue weighted by Crippen LogP contribution is -2.43. The molecule has 1 amide bonds. The standard InChI is InChI=1S/C16H26N4O/c1-4-18-16(21)12-5-6-13(17)15(9-12)19-14-7-8-20(3)10-11(14)2/h5-6,9,11,14,19H,4,7-8,10,17H2,1-3H3,(H,18,21). The minimum Gasteiger partial charge on any atom is -0.397 e. The first-order valence-electron chi connectivity index (χ1n) is 7.64. The van der Waals surface area contributed by atoms with Crippen LogP contribution in [0.5, 0.6) is 0 Å². The fourth-order valence-electron chi connectivity index (χ4n) is 2.85. The second-order valence-corrected chi connectivity index (χ2v) is 5.94. The Hall–Kier alpha value is -1.75. The first-order valence-corrected chi connectivity index (χ1v) is 7.64. The second-order valence-electron chi connectivity index (χ2n) is 5.94. The molecular weight excluding hydrogens is 264 g/mol. The van der Waals surface area contributed by atoms with E-state index in [9.17, 15) is 4.79 Å². The molecule has 2 unspecified atom stereocenters. The molecule has 4 N–H and O–H groups in total. The molecule has 1 heterocycles. The van der Waals surface area contributed by atoms with Crippen LogP contribution >= 0.6 is 0 Å². The largest absolute Gasteiger partial charge is 0.397 e. The van der Waals surface area contributed by atoms with Crippen molar-refractivity contribution >= 4 is 17.3 Å². The van der Waals surface area contributed by atoms with Gasteiger partial charge in [0.15, 0.2) is 0 Å². The van der Waals surface area contributed by atoms with Crippen LogP contribution in [0, 0.1) is 5.92 Å². The molecule has 0 bridgehead atoms. The summed E-state index contributed by atoms with van der Waals surface area (Å²) in [6.45, 7) is 6.94. The zero-order valence-electron chi connectivity index (χ0n) is 13.1. The van der Waals surface area contributed by atoms with Crippen LogP contribution in [0.15, 0.2) is 18.2 Å². The van der Waals surface area contributed by atoms with Gasteiger partial charge in [0, 0.05) is 24.7 Å². The molecule has 5 heteroatoms. The highest BCUT2D eigenvalue weighted by Crippen LogP contribution is 2.25. The molecule has 0 saturated carbocycles. The monoisotopic (exact) mass is 290 g/mol. The normalized spacial score (nSPS) is 22.8. The van der Waals surface area contributed by atoms with Crippen molar-refractivity contribution in [3.05, 3.63) is 23.8 Å². The molecule has 1 aliphatic rings. The topological polar surface area (TPSA) is 70.4 Å². The van der Waals surface area contributed by atoms with E-state index in [1.165, 1.54) is 0 Å². The fourth-order valence-corrected chi connectivity index (χ4v) is 2.85. The molecule has 5 nitrogen and oxygen atoms in total. The molecule has 0 aromatic heterocycles. The van der Waals surface area contributed by atoms with Gasteiger partial charge in [0.2, 0.25) is 0 Å². The maximum atomic E-state index is 11.9. The average Bonchev–Trinajstić information content (AvgIpc) is 2.44. The Morgan fingerprint density at radius 3 is 2.90 bits per heavy atom. The van der Waals surface area contributed by atoms with Crippen molar-refractivity contribution in [3.8, 4) is 0 Å². The number of piperidine rings is 1. The van der Waals surface area contributed by atoms with Crippen molar-refractivity contribution in [1.29, 1.82) is 0 Å². The van der Waals surface area contributed by atoms with Gasteiger partial charge in [-0.3, -0.25) is 4.79 Å². The molecule has 1 saturated heterocycles. The van der Waals surface area contributed by atoms with E-state index in [1.807, 2.05) is 13.0 Å². The first kappa shape index (κ1) is 15.6. The Bertz CT molecular complexity index is 503. The lowest BCUT2D eigenvalue weighted by Gasteiger charge is -2.36. The highest BCUT2D eigenvalue weighted by molar-refractivity contribution is 5.96. The van der Waals surface area contributed by atoms with Gasteiger partial charge in [-0.2, -0.15) is 0 Å². The molecule has 0 radical (unpaired) electrons. The maximum Gasteiger partial charge on any atom is 0.251 e. The minimum atomic E-state index is -0.0584. The minimum absolute atomic E-state index is 0.0584. The number of amides is 1. The number of hydrogen-bond donors (Lipinski definition) is 3. The van der Waals surface area contributed by atoms with Gasteiger partial charge in [-0.1, -0.05) is 6.92 Å². The second kappa shape index (κ2) is 6.80. The highest BCUT2D eigenvalue weighted by atomic mass is 16.1. The number of likely N-dealkylation sites (tertiary alicyclic amines) is 1. The third-order valence-corrected chi connectivity index (χ3v) is 4.10. The van der Waals surface area contributed by atoms with E-state index in [0.29, 0.717) is 29.8 Å². The third-order valence-electron chi connectivity index (χ3n) is 4.10. The summed E-state index contributed by atoms with van der Waals surface area (Å²) in [6, 6.07) is 5.81. The van der Waals surface area contributed by atoms with Gasteiger partial charge in [-0.05, 0) is 51.1 Å². The molecule has 0 aliphatic carbocycles. The number of carbonyl (C=O) groups excluding carboxylic acids is 1. The summed E-state index contributed by atoms with van der Waals surface area (Å²) >= 11 is 0. The van der Waals surface area contributed by atoms with Crippen LogP contribution in [0.25, 0.3) is 0 Å². The number of anilines is 2. The number of hydrogen-bond acceptors (Lipinski definition) is 4. The van der Waals surface area contributed by atoms with Gasteiger partial charge in [0.05, 0.1) is 11.4 Å². The fraction of sp³-hybridized carbons (Fsp3) is 0.562. The van der Waals surface area contributed by atoms with E-state index in [-0.39, 0.29) is 5.91 Å². The van der Waals surface area contributed by atoms with E-state index < -0.39 is 0 Å². The van der Waals surface area contributed by atoms with Crippen molar-refractivity contribution in [1.82, 2.24) is 10.2 Å². The number of nitrogens with one attached hydrogen (secondary N) is 2. The van der Waals surface area contributed by atoms with E-state index in [1.54, 1.807) is 12.1 Å². The number of nitrogen functional groups attached to an aromatic ring is 1. The van der Waals surface area contributed by atoms with Crippen molar-refractivity contribution in [2.24, 2.45) is 5.92 Å². The predicted octanol–water partition coefficient (Wildman–Crippen LogP) is 1.77. The molecule has 1 fully saturated rings. The maximum absolute atomic E-state index is 11.9. The van der Waals surface area contributed by atoms with E-state index in [0.717, 1.165) is 25.2 Å². The smallest absolute Gasteiger partial charge is 0.251 e. The number of rotatable bonds is 4. The van der Waals surface area contributed by atoms with Gasteiger partial charge >= 0.3 is 0 Å². The van der Waals surface area contributed by atoms with Crippen molar-refractivity contribution in [3.63, 3.8) is 0 Å². The number of nitrogens with two attached hydrogens (primary N) is 1. The predicted molar refractivity (Wildman–Crippen MR) is 87.6 cm³/mol. The molecule has 21 heavy (non-hydrogen) atoms. The Morgan fingerprint density at radius 1 is 1.48 bits per heavy atom. The summed E-state index contributed by atoms with van der Waals surface area (Å²) in [5.74, 6) is 0.494. The summed E-state index contributed by atoms with van der Waals surface area (Å²) in [6.07, 6.45) is 1.09. The van der Waals surface area contributed by atoms with Crippen molar-refractivity contribution < 1.29 is 4.79 Å². The summed E-state index contributed by atoms with van der Waals surface area (Å²) in [7, 11) is 2.15. The quantitative estimate of drug-likeness (QED) is 0.739. The van der Waals surface area contributed by atoms with Gasteiger partial charge < -0.3 is 21.3 Å². The molecule has 1 aromatic rings. The van der Waals surface area contributed by atoms with Crippen LogP contribution in [0.2, 0.25) is 0 Å². The Morgan fingerprint density at radius 2 is 2.24 bits per heavy atom. The summed E-state index contributed by atoms with van der Waals surface area (Å²) in [5, 5.41) is 6.34. The zero-order valence-corrected chi connectivity index (χ0v) is 13.1. The molecular formula is C16H26N4O. The van der Waals surface area contributed by atoms with Crippen LogP contribution in [-0.2, 0) is 0 Å². The number of nitrogens with zero attached hydrogens (tertiary/aromatic N) is 1. The van der Waals surface area contributed by atoms with Gasteiger partial charge in [0.1, 0.15) is 0 Å². The molecule has 1 aromatic carbocycles. The van der Waals surface area contributed by atoms with Crippen LogP contribution in [0.1, 0.15) is 30.6 Å². The zero-order chi connectivity index (χ0) is 15.4. The lowest BCUT2D eigenvalue weighted by molar-refractivity contribution is 0.0956. The molecule has 2 atom stereocenters. The van der Waals surface area contributed by atoms with Gasteiger partial charge in [0.25, 0.3) is 5.91 Å². The van der Waals surface area contributed by atoms with Gasteiger partial charge in [-0.25, -0.2) is 0 Å². The average molecular weight is 290 g/mol. The Kier molecular flexibility index (Phi) is 5.07. The Balaban J connectivity index is 2.12. The lowest BCUT2D eigenvalue weighted by atomic mass is 9.93. The van der Waals surface area contributed by atoms with Crippen LogP contribution in [0.3, 0.4) is 0 Å². The highest BCUT2D eigenvalue weighted by Gasteiger charge is 2.24. The van der Waals surface area contributed by atoms with E-state index in [4.69, 9.17) is 5.73 Å². The molecule has 116 valence electrons. The number of carbonyl (C=O) groups is 1. The van der Waals surface area contributed by atoms with Crippen LogP contribution in [-0.4, -0.2) is 43.5 Å². The molecule has 2 rings (SSSR count). The van der Waals surface area contributed by atoms with Crippen LogP contribution < -0.4 is 16.4 Å². The van der Waals surface area contributed by atoms with Gasteiger partial charge in [-0.15, -0.1) is 0 Å². The van der Waals surface area contributed by atoms with E-state index >= 15 is 0 Å². The first-order chi connectivity index (χ1) is 10.0. The summed E-state index contributed by atoms with van der Waals surface area (Å²) < 4.78 is 0. The van der Waals surface area contributed by atoms with Crippen LogP contribution in [0.4, 0.5) is 11.4 Å². The third kappa shape index (κ3) is 3.88. The summed E-state index contributed by atoms with van der Waals surface area (Å²) in [4.78, 5) is 14.3. The van der Waals surface area contributed by atoms with Crippen molar-refractivity contribution in [2.75, 3.05) is 37.7 Å². The Labute approximate surface area is 126 Å². The SMILES string of the molecule is CCNC(=O)c1ccc(N)c(NC2CCN(C)CC2C)c1. The molecule has 0 spiro atoms. The van der Waals surface area contributed by atoms with E-state index in [2.05, 4.69) is 29.5 Å².